The van der Waals surface area contributed by atoms with E-state index in [-0.39, 0.29) is 18.5 Å². The van der Waals surface area contributed by atoms with Crippen LogP contribution in [0.25, 0.3) is 0 Å². The lowest BCUT2D eigenvalue weighted by molar-refractivity contribution is -0.127. The summed E-state index contributed by atoms with van der Waals surface area (Å²) in [5.74, 6) is 0.693. The van der Waals surface area contributed by atoms with E-state index >= 15 is 0 Å². The zero-order chi connectivity index (χ0) is 22.1. The van der Waals surface area contributed by atoms with Crippen LogP contribution in [-0.2, 0) is 22.4 Å². The highest BCUT2D eigenvalue weighted by Crippen LogP contribution is 2.24. The number of hydrogen-bond donors (Lipinski definition) is 2. The number of carbonyl (C=O) groups is 1. The average Bonchev–Trinajstić information content (AvgIpc) is 2.80. The van der Waals surface area contributed by atoms with Crippen LogP contribution in [0.1, 0.15) is 48.9 Å². The second kappa shape index (κ2) is 12.1. The lowest BCUT2D eigenvalue weighted by atomic mass is 9.89. The molecule has 1 atom stereocenters. The largest absolute Gasteiger partial charge is 0.379 e. The fourth-order valence-electron chi connectivity index (χ4n) is 4.09. The molecule has 1 fully saturated rings. The van der Waals surface area contributed by atoms with Crippen LogP contribution in [0.15, 0.2) is 23.2 Å². The smallest absolute Gasteiger partial charge is 0.243 e. The molecule has 3 rings (SSSR count). The van der Waals surface area contributed by atoms with Gasteiger partial charge in [0.05, 0.1) is 19.3 Å². The molecule has 1 aliphatic heterocycles. The maximum Gasteiger partial charge on any atom is 0.243 e. The number of hydrogen-bond acceptors (Lipinski definition) is 4. The molecule has 0 radical (unpaired) electrons. The summed E-state index contributed by atoms with van der Waals surface area (Å²) in [5.41, 5.74) is 4.24. The van der Waals surface area contributed by atoms with Crippen molar-refractivity contribution in [3.8, 4) is 0 Å². The van der Waals surface area contributed by atoms with Crippen LogP contribution >= 0.6 is 0 Å². The molecule has 0 aromatic heterocycles. The Bertz CT molecular complexity index is 743. The minimum Gasteiger partial charge on any atom is -0.379 e. The van der Waals surface area contributed by atoms with E-state index in [1.807, 2.05) is 0 Å². The van der Waals surface area contributed by atoms with Gasteiger partial charge in [0.2, 0.25) is 5.91 Å². The third-order valence-electron chi connectivity index (χ3n) is 6.14. The van der Waals surface area contributed by atoms with Crippen molar-refractivity contribution < 1.29 is 9.53 Å². The number of ether oxygens (including phenoxy) is 1. The molecule has 31 heavy (non-hydrogen) atoms. The van der Waals surface area contributed by atoms with Crippen LogP contribution in [0.3, 0.4) is 0 Å². The number of guanidine groups is 1. The summed E-state index contributed by atoms with van der Waals surface area (Å²) >= 11 is 0. The van der Waals surface area contributed by atoms with E-state index in [9.17, 15) is 4.79 Å². The molecule has 7 nitrogen and oxygen atoms in total. The molecule has 1 aliphatic carbocycles. The van der Waals surface area contributed by atoms with E-state index < -0.39 is 0 Å². The quantitative estimate of drug-likeness (QED) is 0.376. The number of nitrogens with zero attached hydrogens (tertiary/aromatic N) is 3. The van der Waals surface area contributed by atoms with Gasteiger partial charge in [-0.2, -0.15) is 0 Å². The van der Waals surface area contributed by atoms with Crippen molar-refractivity contribution in [2.24, 2.45) is 4.99 Å². The van der Waals surface area contributed by atoms with Crippen molar-refractivity contribution in [2.45, 2.75) is 45.1 Å². The lowest BCUT2D eigenvalue weighted by Crippen LogP contribution is -2.42. The number of aliphatic imine (C=N–C) groups is 1. The van der Waals surface area contributed by atoms with E-state index in [0.29, 0.717) is 5.96 Å². The van der Waals surface area contributed by atoms with Gasteiger partial charge in [0.1, 0.15) is 6.54 Å². The topological polar surface area (TPSA) is 69.2 Å². The summed E-state index contributed by atoms with van der Waals surface area (Å²) in [6.07, 6.45) is 5.97. The van der Waals surface area contributed by atoms with E-state index in [2.05, 4.69) is 45.6 Å². The fourth-order valence-corrected chi connectivity index (χ4v) is 4.09. The number of morpholine rings is 1. The number of benzene rings is 1. The van der Waals surface area contributed by atoms with Gasteiger partial charge in [0, 0.05) is 33.7 Å². The Morgan fingerprint density at radius 1 is 1.19 bits per heavy atom. The van der Waals surface area contributed by atoms with Crippen LogP contribution in [0.4, 0.5) is 0 Å². The fraction of sp³-hybridized carbons (Fsp3) is 0.667. The van der Waals surface area contributed by atoms with Gasteiger partial charge in [-0.15, -0.1) is 0 Å². The highest BCUT2D eigenvalue weighted by Gasteiger charge is 2.14. The summed E-state index contributed by atoms with van der Waals surface area (Å²) in [5, 5.41) is 6.93. The Kier molecular flexibility index (Phi) is 9.15. The number of fused-ring (bicyclic) bond motifs is 1. The second-order valence-corrected chi connectivity index (χ2v) is 8.79. The number of likely N-dealkylation sites (N-methyl/N-ethyl adjacent to an activating group) is 1. The Labute approximate surface area is 187 Å². The van der Waals surface area contributed by atoms with Crippen molar-refractivity contribution in [1.29, 1.82) is 0 Å². The van der Waals surface area contributed by atoms with E-state index in [4.69, 9.17) is 4.74 Å². The van der Waals surface area contributed by atoms with Gasteiger partial charge in [0.25, 0.3) is 0 Å². The molecule has 2 N–H and O–H groups in total. The SMILES string of the molecule is CC(NC(=NCC(=O)N(C)C)NCCCN1CCOCC1)c1ccc2c(c1)CCCC2. The van der Waals surface area contributed by atoms with Gasteiger partial charge < -0.3 is 20.3 Å². The minimum atomic E-state index is -0.00384. The number of rotatable bonds is 8. The molecule has 172 valence electrons. The molecule has 1 unspecified atom stereocenters. The number of aryl methyl sites for hydroxylation is 2. The molecule has 1 heterocycles. The highest BCUT2D eigenvalue weighted by molar-refractivity contribution is 5.85. The van der Waals surface area contributed by atoms with Crippen molar-refractivity contribution in [3.05, 3.63) is 34.9 Å². The van der Waals surface area contributed by atoms with E-state index in [1.54, 1.807) is 19.0 Å². The predicted molar refractivity (Wildman–Crippen MR) is 126 cm³/mol. The maximum atomic E-state index is 12.0. The molecule has 1 saturated heterocycles. The molecule has 0 bridgehead atoms. The summed E-state index contributed by atoms with van der Waals surface area (Å²) in [4.78, 5) is 20.6. The summed E-state index contributed by atoms with van der Waals surface area (Å²) < 4.78 is 5.42. The number of nitrogens with one attached hydrogen (secondary N) is 2. The first kappa shape index (κ1) is 23.5. The maximum absolute atomic E-state index is 12.0. The average molecular weight is 430 g/mol. The zero-order valence-corrected chi connectivity index (χ0v) is 19.5. The first-order chi connectivity index (χ1) is 15.0. The standard InChI is InChI=1S/C24H39N5O2/c1-19(21-10-9-20-7-4-5-8-22(20)17-21)27-24(26-18-23(30)28(2)3)25-11-6-12-29-13-15-31-16-14-29/h9-10,17,19H,4-8,11-16,18H2,1-3H3,(H2,25,26,27). The Hall–Kier alpha value is -2.12. The van der Waals surface area contributed by atoms with Gasteiger partial charge in [0.15, 0.2) is 5.96 Å². The van der Waals surface area contributed by atoms with Crippen molar-refractivity contribution in [1.82, 2.24) is 20.4 Å². The second-order valence-electron chi connectivity index (χ2n) is 8.79. The molecule has 1 aromatic carbocycles. The molecule has 0 saturated carbocycles. The Balaban J connectivity index is 1.57. The number of amides is 1. The molecule has 0 spiro atoms. The molecule has 2 aliphatic rings. The first-order valence-electron chi connectivity index (χ1n) is 11.7. The van der Waals surface area contributed by atoms with Crippen LogP contribution in [0.5, 0.6) is 0 Å². The molecule has 1 amide bonds. The van der Waals surface area contributed by atoms with Crippen molar-refractivity contribution in [3.63, 3.8) is 0 Å². The molecular weight excluding hydrogens is 390 g/mol. The first-order valence-corrected chi connectivity index (χ1v) is 11.7. The predicted octanol–water partition coefficient (Wildman–Crippen LogP) is 1.97. The van der Waals surface area contributed by atoms with Gasteiger partial charge in [-0.3, -0.25) is 9.69 Å². The highest BCUT2D eigenvalue weighted by atomic mass is 16.5. The lowest BCUT2D eigenvalue weighted by Gasteiger charge is -2.26. The van der Waals surface area contributed by atoms with Gasteiger partial charge >= 0.3 is 0 Å². The normalized spacial score (nSPS) is 18.2. The zero-order valence-electron chi connectivity index (χ0n) is 19.5. The third-order valence-corrected chi connectivity index (χ3v) is 6.14. The van der Waals surface area contributed by atoms with Crippen molar-refractivity contribution >= 4 is 11.9 Å². The van der Waals surface area contributed by atoms with Gasteiger partial charge in [-0.05, 0) is 62.3 Å². The molecular formula is C24H39N5O2. The summed E-state index contributed by atoms with van der Waals surface area (Å²) in [6, 6.07) is 6.97. The Morgan fingerprint density at radius 3 is 2.68 bits per heavy atom. The Morgan fingerprint density at radius 2 is 1.94 bits per heavy atom. The van der Waals surface area contributed by atoms with Crippen LogP contribution in [-0.4, -0.2) is 81.7 Å². The third kappa shape index (κ3) is 7.51. The van der Waals surface area contributed by atoms with E-state index in [0.717, 1.165) is 45.8 Å². The van der Waals surface area contributed by atoms with Crippen molar-refractivity contribution in [2.75, 3.05) is 60.0 Å². The number of carbonyl (C=O) groups excluding carboxylic acids is 1. The molecule has 7 heteroatoms. The van der Waals surface area contributed by atoms with Crippen LogP contribution in [0.2, 0.25) is 0 Å². The minimum absolute atomic E-state index is 0.00384. The summed E-state index contributed by atoms with van der Waals surface area (Å²) in [6.45, 7) is 7.82. The molecule has 1 aromatic rings. The van der Waals surface area contributed by atoms with Crippen LogP contribution in [0, 0.1) is 0 Å². The van der Waals surface area contributed by atoms with E-state index in [1.165, 1.54) is 42.4 Å². The van der Waals surface area contributed by atoms with Crippen LogP contribution < -0.4 is 10.6 Å². The monoisotopic (exact) mass is 429 g/mol. The summed E-state index contributed by atoms with van der Waals surface area (Å²) in [7, 11) is 3.52. The van der Waals surface area contributed by atoms with Gasteiger partial charge in [-0.1, -0.05) is 18.2 Å². The van der Waals surface area contributed by atoms with Gasteiger partial charge in [-0.25, -0.2) is 4.99 Å².